The van der Waals surface area contributed by atoms with Gasteiger partial charge in [0, 0.05) is 7.05 Å². The predicted octanol–water partition coefficient (Wildman–Crippen LogP) is 1.95. The number of hydrogen-bond acceptors (Lipinski definition) is 5. The maximum atomic E-state index is 10.8. The molecule has 0 fully saturated rings. The van der Waals surface area contributed by atoms with Crippen LogP contribution in [0, 0.1) is 6.92 Å². The quantitative estimate of drug-likeness (QED) is 0.734. The van der Waals surface area contributed by atoms with Gasteiger partial charge in [0.1, 0.15) is 5.75 Å². The molecule has 6 nitrogen and oxygen atoms in total. The first-order valence-corrected chi connectivity index (χ1v) is 6.43. The summed E-state index contributed by atoms with van der Waals surface area (Å²) in [5, 5.41) is 2.37. The molecule has 1 rings (SSSR count). The predicted molar refractivity (Wildman–Crippen MR) is 69.2 cm³/mol. The number of rotatable bonds is 3. The average molecular weight is 275 g/mol. The highest BCUT2D eigenvalue weighted by molar-refractivity contribution is 7.39. The molecule has 1 aromatic carbocycles. The lowest BCUT2D eigenvalue weighted by Gasteiger charge is -2.02. The van der Waals surface area contributed by atoms with E-state index in [-0.39, 0.29) is 0 Å². The van der Waals surface area contributed by atoms with Crippen molar-refractivity contribution < 1.29 is 23.8 Å². The van der Waals surface area contributed by atoms with E-state index in [4.69, 9.17) is 14.5 Å². The largest absolute Gasteiger partial charge is 0.412 e. The van der Waals surface area contributed by atoms with Crippen molar-refractivity contribution in [2.24, 2.45) is 0 Å². The van der Waals surface area contributed by atoms with E-state index in [0.29, 0.717) is 12.4 Å². The molecule has 0 aliphatic rings. The lowest BCUT2D eigenvalue weighted by Crippen LogP contribution is -2.21. The van der Waals surface area contributed by atoms with E-state index in [1.807, 2.05) is 19.1 Å². The highest BCUT2D eigenvalue weighted by atomic mass is 31.2. The first kappa shape index (κ1) is 16.8. The summed E-state index contributed by atoms with van der Waals surface area (Å²) in [5.74, 6) is 0.564. The van der Waals surface area contributed by atoms with Gasteiger partial charge in [-0.25, -0.2) is 4.79 Å². The zero-order chi connectivity index (χ0) is 14.0. The summed E-state index contributed by atoms with van der Waals surface area (Å²) >= 11 is 0. The van der Waals surface area contributed by atoms with Crippen molar-refractivity contribution in [1.82, 2.24) is 5.32 Å². The van der Waals surface area contributed by atoms with Crippen LogP contribution in [0.2, 0.25) is 0 Å². The van der Waals surface area contributed by atoms with Gasteiger partial charge in [-0.3, -0.25) is 0 Å². The van der Waals surface area contributed by atoms with Gasteiger partial charge in [0.25, 0.3) is 0 Å². The van der Waals surface area contributed by atoms with Crippen LogP contribution in [0.15, 0.2) is 24.3 Å². The monoisotopic (exact) mass is 275 g/mol. The molecule has 0 heterocycles. The lowest BCUT2D eigenvalue weighted by molar-refractivity contribution is 0.203. The number of amides is 1. The molecule has 0 spiro atoms. The third-order valence-electron chi connectivity index (χ3n) is 1.65. The molecule has 0 unspecified atom stereocenters. The molecule has 0 saturated carbocycles. The fraction of sp³-hybridized carbons (Fsp3) is 0.364. The van der Waals surface area contributed by atoms with Gasteiger partial charge in [-0.15, -0.1) is 0 Å². The second-order valence-corrected chi connectivity index (χ2v) is 3.89. The fourth-order valence-electron chi connectivity index (χ4n) is 0.952. The Hall–Kier alpha value is -1.20. The molecule has 0 radical (unpaired) electrons. The molecule has 0 bridgehead atoms. The van der Waals surface area contributed by atoms with Gasteiger partial charge in [0.2, 0.25) is 0 Å². The van der Waals surface area contributed by atoms with Crippen molar-refractivity contribution in [2.75, 3.05) is 13.7 Å². The van der Waals surface area contributed by atoms with Crippen molar-refractivity contribution in [3.05, 3.63) is 29.8 Å². The highest BCUT2D eigenvalue weighted by Gasteiger charge is 1.99. The zero-order valence-electron chi connectivity index (χ0n) is 10.6. The normalized spacial score (nSPS) is 9.44. The van der Waals surface area contributed by atoms with Crippen LogP contribution < -0.4 is 10.1 Å². The maximum absolute atomic E-state index is 10.8. The van der Waals surface area contributed by atoms with Crippen LogP contribution in [0.4, 0.5) is 4.79 Å². The third kappa shape index (κ3) is 8.90. The first-order chi connectivity index (χ1) is 8.49. The van der Waals surface area contributed by atoms with E-state index in [9.17, 15) is 4.79 Å². The molecular formula is C11H18NO5P. The average Bonchev–Trinajstić information content (AvgIpc) is 2.29. The molecule has 3 N–H and O–H groups in total. The Labute approximate surface area is 108 Å². The van der Waals surface area contributed by atoms with E-state index in [0.717, 1.165) is 5.56 Å². The van der Waals surface area contributed by atoms with Crippen LogP contribution in [0.25, 0.3) is 0 Å². The summed E-state index contributed by atoms with van der Waals surface area (Å²) in [6.07, 6.45) is -0.444. The number of ether oxygens (including phenoxy) is 1. The van der Waals surface area contributed by atoms with Gasteiger partial charge in [-0.2, -0.15) is 0 Å². The van der Waals surface area contributed by atoms with Gasteiger partial charge in [-0.05, 0) is 31.5 Å². The molecule has 7 heteroatoms. The summed E-state index contributed by atoms with van der Waals surface area (Å²) in [7, 11) is -0.575. The molecule has 1 amide bonds. The Morgan fingerprint density at radius 3 is 2.50 bits per heavy atom. The van der Waals surface area contributed by atoms with Crippen molar-refractivity contribution in [1.29, 1.82) is 0 Å². The number of carbonyl (C=O) groups is 1. The SMILES string of the molecule is CCOP(O)O.CNC(=O)Oc1cccc(C)c1. The number of benzene rings is 1. The van der Waals surface area contributed by atoms with E-state index >= 15 is 0 Å². The van der Waals surface area contributed by atoms with Crippen molar-refractivity contribution in [3.63, 3.8) is 0 Å². The van der Waals surface area contributed by atoms with Crippen molar-refractivity contribution in [3.8, 4) is 5.75 Å². The third-order valence-corrected chi connectivity index (χ3v) is 2.14. The minimum absolute atomic E-state index is 0.360. The van der Waals surface area contributed by atoms with Crippen LogP contribution >= 0.6 is 8.60 Å². The summed E-state index contributed by atoms with van der Waals surface area (Å²) in [4.78, 5) is 26.7. The molecular weight excluding hydrogens is 257 g/mol. The van der Waals surface area contributed by atoms with E-state index < -0.39 is 14.7 Å². The first-order valence-electron chi connectivity index (χ1n) is 5.26. The van der Waals surface area contributed by atoms with Crippen molar-refractivity contribution >= 4 is 14.7 Å². The molecule has 0 atom stereocenters. The Morgan fingerprint density at radius 1 is 1.44 bits per heavy atom. The smallest absolute Gasteiger partial charge is 0.410 e. The highest BCUT2D eigenvalue weighted by Crippen LogP contribution is 2.22. The van der Waals surface area contributed by atoms with E-state index in [1.165, 1.54) is 7.05 Å². The Bertz CT molecular complexity index is 359. The minimum Gasteiger partial charge on any atom is -0.410 e. The standard InChI is InChI=1S/C9H11NO2.C2H7O3P/c1-7-4-3-5-8(6-7)12-9(11)10-2;1-2-5-6(3)4/h3-6H,1-2H3,(H,10,11);3-4H,2H2,1H3. The van der Waals surface area contributed by atoms with E-state index in [1.54, 1.807) is 19.1 Å². The molecule has 0 saturated heterocycles. The molecule has 18 heavy (non-hydrogen) atoms. The Balaban J connectivity index is 0.000000411. The van der Waals surface area contributed by atoms with Crippen LogP contribution in [-0.2, 0) is 4.52 Å². The van der Waals surface area contributed by atoms with Gasteiger partial charge < -0.3 is 24.4 Å². The summed E-state index contributed by atoms with van der Waals surface area (Å²) < 4.78 is 9.11. The molecule has 102 valence electrons. The summed E-state index contributed by atoms with van der Waals surface area (Å²) in [5.41, 5.74) is 1.07. The second kappa shape index (κ2) is 9.79. The topological polar surface area (TPSA) is 88.0 Å². The Morgan fingerprint density at radius 2 is 2.11 bits per heavy atom. The number of aryl methyl sites for hydroxylation is 1. The maximum Gasteiger partial charge on any atom is 0.412 e. The van der Waals surface area contributed by atoms with Gasteiger partial charge in [0.05, 0.1) is 6.61 Å². The molecule has 0 aliphatic carbocycles. The minimum atomic E-state index is -2.10. The van der Waals surface area contributed by atoms with Gasteiger partial charge in [0.15, 0.2) is 0 Å². The number of hydrogen-bond donors (Lipinski definition) is 3. The second-order valence-electron chi connectivity index (χ2n) is 3.13. The van der Waals surface area contributed by atoms with Crippen LogP contribution in [-0.4, -0.2) is 29.5 Å². The number of nitrogens with one attached hydrogen (secondary N) is 1. The van der Waals surface area contributed by atoms with Gasteiger partial charge in [-0.1, -0.05) is 12.1 Å². The molecule has 1 aromatic rings. The van der Waals surface area contributed by atoms with Crippen LogP contribution in [0.5, 0.6) is 5.75 Å². The van der Waals surface area contributed by atoms with Crippen LogP contribution in [0.1, 0.15) is 12.5 Å². The molecule has 0 aromatic heterocycles. The Kier molecular flexibility index (Phi) is 9.14. The lowest BCUT2D eigenvalue weighted by atomic mass is 10.2. The summed E-state index contributed by atoms with van der Waals surface area (Å²) in [6.45, 7) is 4.00. The molecule has 0 aliphatic heterocycles. The van der Waals surface area contributed by atoms with E-state index in [2.05, 4.69) is 9.84 Å². The number of carbonyl (C=O) groups excluding carboxylic acids is 1. The fourth-order valence-corrected chi connectivity index (χ4v) is 1.18. The van der Waals surface area contributed by atoms with Gasteiger partial charge >= 0.3 is 14.7 Å². The zero-order valence-corrected chi connectivity index (χ0v) is 11.5. The van der Waals surface area contributed by atoms with Crippen molar-refractivity contribution in [2.45, 2.75) is 13.8 Å². The summed E-state index contributed by atoms with van der Waals surface area (Å²) in [6, 6.07) is 7.32. The van der Waals surface area contributed by atoms with Crippen LogP contribution in [0.3, 0.4) is 0 Å².